The lowest BCUT2D eigenvalue weighted by Crippen LogP contribution is -2.19. The Balaban J connectivity index is 2.31. The van der Waals surface area contributed by atoms with Crippen molar-refractivity contribution in [1.82, 2.24) is 0 Å². The second-order valence-corrected chi connectivity index (χ2v) is 4.67. The highest BCUT2D eigenvalue weighted by atomic mass is 16.6. The molecule has 5 nitrogen and oxygen atoms in total. The SMILES string of the molecule is CCOC(=O)C(=CNc1cccc2ccccc12)C(=O)OCC. The van der Waals surface area contributed by atoms with E-state index in [0.717, 1.165) is 16.5 Å². The van der Waals surface area contributed by atoms with Crippen LogP contribution in [0.25, 0.3) is 10.8 Å². The highest BCUT2D eigenvalue weighted by molar-refractivity contribution is 6.14. The summed E-state index contributed by atoms with van der Waals surface area (Å²) in [5, 5.41) is 5.04. The first-order chi connectivity index (χ1) is 11.2. The summed E-state index contributed by atoms with van der Waals surface area (Å²) in [6.07, 6.45) is 1.33. The number of hydrogen-bond donors (Lipinski definition) is 1. The molecule has 0 aliphatic heterocycles. The van der Waals surface area contributed by atoms with E-state index in [1.165, 1.54) is 6.20 Å². The van der Waals surface area contributed by atoms with Crippen LogP contribution in [0.15, 0.2) is 54.2 Å². The van der Waals surface area contributed by atoms with Crippen LogP contribution in [0.4, 0.5) is 5.69 Å². The summed E-state index contributed by atoms with van der Waals surface area (Å²) < 4.78 is 9.80. The van der Waals surface area contributed by atoms with E-state index in [0.29, 0.717) is 0 Å². The molecule has 0 aliphatic rings. The Morgan fingerprint density at radius 3 is 2.22 bits per heavy atom. The molecular formula is C18H19NO4. The molecule has 0 spiro atoms. The zero-order valence-electron chi connectivity index (χ0n) is 13.2. The lowest BCUT2D eigenvalue weighted by molar-refractivity contribution is -0.146. The average Bonchev–Trinajstić information content (AvgIpc) is 2.55. The number of rotatable bonds is 6. The van der Waals surface area contributed by atoms with Gasteiger partial charge in [-0.2, -0.15) is 0 Å². The van der Waals surface area contributed by atoms with Gasteiger partial charge in [-0.25, -0.2) is 9.59 Å². The first-order valence-electron chi connectivity index (χ1n) is 7.46. The molecule has 0 heterocycles. The van der Waals surface area contributed by atoms with E-state index in [4.69, 9.17) is 9.47 Å². The van der Waals surface area contributed by atoms with Gasteiger partial charge in [-0.15, -0.1) is 0 Å². The Hall–Kier alpha value is -2.82. The average molecular weight is 313 g/mol. The summed E-state index contributed by atoms with van der Waals surface area (Å²) in [4.78, 5) is 23.8. The van der Waals surface area contributed by atoms with Gasteiger partial charge in [-0.1, -0.05) is 36.4 Å². The fraction of sp³-hybridized carbons (Fsp3) is 0.222. The highest BCUT2D eigenvalue weighted by Crippen LogP contribution is 2.23. The van der Waals surface area contributed by atoms with Crippen LogP contribution in [-0.2, 0) is 19.1 Å². The summed E-state index contributed by atoms with van der Waals surface area (Å²) in [5.41, 5.74) is 0.621. The van der Waals surface area contributed by atoms with Gasteiger partial charge in [0.2, 0.25) is 0 Å². The van der Waals surface area contributed by atoms with Crippen molar-refractivity contribution < 1.29 is 19.1 Å². The molecule has 0 fully saturated rings. The minimum atomic E-state index is -0.710. The van der Waals surface area contributed by atoms with E-state index < -0.39 is 11.9 Å². The number of anilines is 1. The third kappa shape index (κ3) is 4.10. The van der Waals surface area contributed by atoms with Gasteiger partial charge in [0, 0.05) is 17.3 Å². The predicted molar refractivity (Wildman–Crippen MR) is 88.9 cm³/mol. The largest absolute Gasteiger partial charge is 0.462 e. The molecule has 120 valence electrons. The molecule has 2 aromatic carbocycles. The molecule has 0 bridgehead atoms. The third-order valence-corrected chi connectivity index (χ3v) is 3.15. The van der Waals surface area contributed by atoms with Crippen molar-refractivity contribution in [2.24, 2.45) is 0 Å². The summed E-state index contributed by atoms with van der Waals surface area (Å²) in [7, 11) is 0. The topological polar surface area (TPSA) is 64.6 Å². The van der Waals surface area contributed by atoms with Crippen LogP contribution in [0.5, 0.6) is 0 Å². The van der Waals surface area contributed by atoms with Crippen LogP contribution in [-0.4, -0.2) is 25.2 Å². The fourth-order valence-corrected chi connectivity index (χ4v) is 2.12. The lowest BCUT2D eigenvalue weighted by atomic mass is 10.1. The van der Waals surface area contributed by atoms with Crippen molar-refractivity contribution in [3.63, 3.8) is 0 Å². The third-order valence-electron chi connectivity index (χ3n) is 3.15. The maximum atomic E-state index is 11.9. The molecular weight excluding hydrogens is 294 g/mol. The molecule has 0 unspecified atom stereocenters. The first kappa shape index (κ1) is 16.5. The van der Waals surface area contributed by atoms with Crippen molar-refractivity contribution in [2.45, 2.75) is 13.8 Å². The number of carbonyl (C=O) groups excluding carboxylic acids is 2. The standard InChI is InChI=1S/C18H19NO4/c1-3-22-17(20)15(18(21)23-4-2)12-19-16-11-7-9-13-8-5-6-10-14(13)16/h5-12,19H,3-4H2,1-2H3. The van der Waals surface area contributed by atoms with E-state index in [2.05, 4.69) is 5.32 Å². The molecule has 0 radical (unpaired) electrons. The number of benzene rings is 2. The number of ether oxygens (including phenoxy) is 2. The maximum Gasteiger partial charge on any atom is 0.347 e. The van der Waals surface area contributed by atoms with E-state index in [1.54, 1.807) is 13.8 Å². The van der Waals surface area contributed by atoms with E-state index in [-0.39, 0.29) is 18.8 Å². The van der Waals surface area contributed by atoms with Gasteiger partial charge in [0.1, 0.15) is 0 Å². The Bertz CT molecular complexity index is 711. The monoisotopic (exact) mass is 313 g/mol. The Labute approximate surface area is 134 Å². The van der Waals surface area contributed by atoms with E-state index in [1.807, 2.05) is 42.5 Å². The molecule has 23 heavy (non-hydrogen) atoms. The normalized spacial score (nSPS) is 10.0. The van der Waals surface area contributed by atoms with Gasteiger partial charge in [0.15, 0.2) is 5.57 Å². The summed E-state index contributed by atoms with van der Waals surface area (Å²) >= 11 is 0. The van der Waals surface area contributed by atoms with Crippen LogP contribution in [0.3, 0.4) is 0 Å². The van der Waals surface area contributed by atoms with Gasteiger partial charge in [0.05, 0.1) is 13.2 Å². The quantitative estimate of drug-likeness (QED) is 0.384. The Morgan fingerprint density at radius 1 is 0.957 bits per heavy atom. The van der Waals surface area contributed by atoms with Crippen molar-refractivity contribution in [2.75, 3.05) is 18.5 Å². The maximum absolute atomic E-state index is 11.9. The van der Waals surface area contributed by atoms with Crippen LogP contribution in [0, 0.1) is 0 Å². The summed E-state index contributed by atoms with van der Waals surface area (Å²) in [6, 6.07) is 13.6. The number of hydrogen-bond acceptors (Lipinski definition) is 5. The van der Waals surface area contributed by atoms with Gasteiger partial charge in [-0.3, -0.25) is 0 Å². The minimum absolute atomic E-state index is 0.165. The van der Waals surface area contributed by atoms with Crippen LogP contribution < -0.4 is 5.32 Å². The van der Waals surface area contributed by atoms with Crippen LogP contribution in [0.2, 0.25) is 0 Å². The van der Waals surface area contributed by atoms with Gasteiger partial charge >= 0.3 is 11.9 Å². The van der Waals surface area contributed by atoms with E-state index >= 15 is 0 Å². The number of fused-ring (bicyclic) bond motifs is 1. The van der Waals surface area contributed by atoms with E-state index in [9.17, 15) is 9.59 Å². The van der Waals surface area contributed by atoms with Crippen LogP contribution >= 0.6 is 0 Å². The molecule has 0 aromatic heterocycles. The second-order valence-electron chi connectivity index (χ2n) is 4.67. The molecule has 1 N–H and O–H groups in total. The zero-order valence-corrected chi connectivity index (χ0v) is 13.2. The number of esters is 2. The zero-order chi connectivity index (χ0) is 16.7. The smallest absolute Gasteiger partial charge is 0.347 e. The lowest BCUT2D eigenvalue weighted by Gasteiger charge is -2.09. The van der Waals surface area contributed by atoms with Gasteiger partial charge in [0.25, 0.3) is 0 Å². The molecule has 0 amide bonds. The predicted octanol–water partition coefficient (Wildman–Crippen LogP) is 3.26. The Morgan fingerprint density at radius 2 is 1.57 bits per heavy atom. The Kier molecular flexibility index (Phi) is 5.74. The number of carbonyl (C=O) groups is 2. The molecule has 2 rings (SSSR count). The van der Waals surface area contributed by atoms with Crippen molar-refractivity contribution in [1.29, 1.82) is 0 Å². The first-order valence-corrected chi connectivity index (χ1v) is 7.46. The molecule has 0 saturated heterocycles. The number of nitrogens with one attached hydrogen (secondary N) is 1. The van der Waals surface area contributed by atoms with Crippen molar-refractivity contribution in [3.05, 3.63) is 54.2 Å². The molecule has 2 aromatic rings. The van der Waals surface area contributed by atoms with Gasteiger partial charge in [-0.05, 0) is 25.3 Å². The van der Waals surface area contributed by atoms with Crippen molar-refractivity contribution in [3.8, 4) is 0 Å². The minimum Gasteiger partial charge on any atom is -0.462 e. The molecule has 5 heteroatoms. The highest BCUT2D eigenvalue weighted by Gasteiger charge is 2.20. The molecule has 0 aliphatic carbocycles. The molecule has 0 atom stereocenters. The van der Waals surface area contributed by atoms with Crippen LogP contribution in [0.1, 0.15) is 13.8 Å². The van der Waals surface area contributed by atoms with Gasteiger partial charge < -0.3 is 14.8 Å². The fourth-order valence-electron chi connectivity index (χ4n) is 2.12. The second kappa shape index (κ2) is 7.98. The van der Waals surface area contributed by atoms with Crippen molar-refractivity contribution >= 4 is 28.4 Å². The summed E-state index contributed by atoms with van der Waals surface area (Å²) in [6.45, 7) is 3.73. The summed E-state index contributed by atoms with van der Waals surface area (Å²) in [5.74, 6) is -1.42. The molecule has 0 saturated carbocycles.